The second kappa shape index (κ2) is 13.4. The standard InChI is InChI=1S/C18H40P/c1-5-9-12-14-18-19(15-8-4,16-11-7-3)17-13-10-6-2/h5-18H2,1-4H3/q+1. The molecule has 0 aliphatic heterocycles. The van der Waals surface area contributed by atoms with Crippen molar-refractivity contribution in [1.29, 1.82) is 0 Å². The van der Waals surface area contributed by atoms with Gasteiger partial charge in [-0.05, 0) is 32.1 Å². The Hall–Kier alpha value is 0.430. The molecule has 19 heavy (non-hydrogen) atoms. The predicted octanol–water partition coefficient (Wildman–Crippen LogP) is 6.98. The molecule has 1 unspecified atom stereocenters. The number of unbranched alkanes of at least 4 members (excludes halogenated alkanes) is 6. The maximum absolute atomic E-state index is 2.41. The number of hydrogen-bond acceptors (Lipinski definition) is 0. The SMILES string of the molecule is CCCCCC[P+](CCC)(CCCC)CCCCC. The fraction of sp³-hybridized carbons (Fsp3) is 1.00. The molecule has 0 N–H and O–H groups in total. The van der Waals surface area contributed by atoms with Gasteiger partial charge in [-0.3, -0.25) is 0 Å². The first kappa shape index (κ1) is 19.4. The van der Waals surface area contributed by atoms with Crippen molar-refractivity contribution in [2.24, 2.45) is 0 Å². The van der Waals surface area contributed by atoms with Crippen molar-refractivity contribution < 1.29 is 0 Å². The Balaban J connectivity index is 4.32. The summed E-state index contributed by atoms with van der Waals surface area (Å²) in [5, 5.41) is 0. The molecule has 0 rings (SSSR count). The smallest absolute Gasteiger partial charge is 0.0594 e. The molecular formula is C18H40P+. The van der Waals surface area contributed by atoms with Crippen molar-refractivity contribution in [1.82, 2.24) is 0 Å². The van der Waals surface area contributed by atoms with E-state index >= 15 is 0 Å². The minimum absolute atomic E-state index is 0.583. The molecule has 0 spiro atoms. The van der Waals surface area contributed by atoms with Gasteiger partial charge in [-0.15, -0.1) is 0 Å². The fourth-order valence-corrected chi connectivity index (χ4v) is 8.28. The van der Waals surface area contributed by atoms with Crippen molar-refractivity contribution >= 4 is 7.26 Å². The van der Waals surface area contributed by atoms with Crippen LogP contribution in [0.1, 0.15) is 91.9 Å². The lowest BCUT2D eigenvalue weighted by Gasteiger charge is -2.28. The third kappa shape index (κ3) is 9.89. The van der Waals surface area contributed by atoms with E-state index in [4.69, 9.17) is 0 Å². The van der Waals surface area contributed by atoms with Crippen LogP contribution in [0.2, 0.25) is 0 Å². The highest BCUT2D eigenvalue weighted by molar-refractivity contribution is 7.75. The second-order valence-electron chi connectivity index (χ2n) is 6.36. The van der Waals surface area contributed by atoms with E-state index in [1.54, 1.807) is 24.6 Å². The normalized spacial score (nSPS) is 14.5. The summed E-state index contributed by atoms with van der Waals surface area (Å²) >= 11 is 0. The molecule has 0 nitrogen and oxygen atoms in total. The summed E-state index contributed by atoms with van der Waals surface area (Å²) in [6.45, 7) is 9.44. The molecule has 0 aromatic heterocycles. The highest BCUT2D eigenvalue weighted by atomic mass is 31.2. The number of hydrogen-bond donors (Lipinski definition) is 0. The van der Waals surface area contributed by atoms with Crippen molar-refractivity contribution in [3.63, 3.8) is 0 Å². The van der Waals surface area contributed by atoms with Gasteiger partial charge in [0, 0.05) is 7.26 Å². The van der Waals surface area contributed by atoms with Crippen molar-refractivity contribution in [2.45, 2.75) is 91.9 Å². The van der Waals surface area contributed by atoms with Crippen LogP contribution in [0.15, 0.2) is 0 Å². The van der Waals surface area contributed by atoms with E-state index in [-0.39, 0.29) is 0 Å². The fourth-order valence-electron chi connectivity index (χ4n) is 3.21. The summed E-state index contributed by atoms with van der Waals surface area (Å²) in [6, 6.07) is 0. The Kier molecular flexibility index (Phi) is 13.7. The monoisotopic (exact) mass is 287 g/mol. The second-order valence-corrected chi connectivity index (χ2v) is 10.8. The molecule has 0 radical (unpaired) electrons. The average molecular weight is 287 g/mol. The van der Waals surface area contributed by atoms with Crippen LogP contribution in [-0.2, 0) is 0 Å². The Morgan fingerprint density at radius 2 is 0.895 bits per heavy atom. The summed E-state index contributed by atoms with van der Waals surface area (Å²) in [6.07, 6.45) is 20.9. The van der Waals surface area contributed by atoms with Crippen LogP contribution < -0.4 is 0 Å². The molecule has 0 heterocycles. The molecule has 1 atom stereocenters. The Morgan fingerprint density at radius 1 is 0.421 bits per heavy atom. The molecule has 0 amide bonds. The van der Waals surface area contributed by atoms with Gasteiger partial charge in [0.25, 0.3) is 0 Å². The van der Waals surface area contributed by atoms with Crippen LogP contribution in [0.5, 0.6) is 0 Å². The first-order chi connectivity index (χ1) is 9.24. The maximum Gasteiger partial charge on any atom is 0.0594 e. The van der Waals surface area contributed by atoms with Crippen LogP contribution in [-0.4, -0.2) is 24.6 Å². The third-order valence-corrected chi connectivity index (χ3v) is 9.60. The van der Waals surface area contributed by atoms with Crippen LogP contribution in [0, 0.1) is 0 Å². The lowest BCUT2D eigenvalue weighted by atomic mass is 10.2. The predicted molar refractivity (Wildman–Crippen MR) is 95.3 cm³/mol. The molecular weight excluding hydrogens is 247 g/mol. The van der Waals surface area contributed by atoms with E-state index in [1.165, 1.54) is 64.2 Å². The highest BCUT2D eigenvalue weighted by Gasteiger charge is 2.34. The van der Waals surface area contributed by atoms with Gasteiger partial charge in [0.1, 0.15) is 0 Å². The summed E-state index contributed by atoms with van der Waals surface area (Å²) < 4.78 is 0. The number of rotatable bonds is 14. The molecule has 0 aliphatic carbocycles. The van der Waals surface area contributed by atoms with Gasteiger partial charge in [-0.1, -0.05) is 59.8 Å². The van der Waals surface area contributed by atoms with E-state index in [1.807, 2.05) is 0 Å². The van der Waals surface area contributed by atoms with Crippen molar-refractivity contribution in [3.8, 4) is 0 Å². The quantitative estimate of drug-likeness (QED) is 0.239. The summed E-state index contributed by atoms with van der Waals surface area (Å²) in [5.74, 6) is 0. The molecule has 0 aromatic rings. The largest absolute Gasteiger partial charge is 0.0654 e. The third-order valence-electron chi connectivity index (χ3n) is 4.41. The maximum atomic E-state index is 2.41. The van der Waals surface area contributed by atoms with Gasteiger partial charge in [0.2, 0.25) is 0 Å². The zero-order valence-corrected chi connectivity index (χ0v) is 15.2. The van der Waals surface area contributed by atoms with Gasteiger partial charge in [0.05, 0.1) is 24.6 Å². The van der Waals surface area contributed by atoms with Gasteiger partial charge in [0.15, 0.2) is 0 Å². The minimum Gasteiger partial charge on any atom is -0.0654 e. The average Bonchev–Trinajstić information content (AvgIpc) is 2.42. The summed E-state index contributed by atoms with van der Waals surface area (Å²) in [7, 11) is -0.583. The van der Waals surface area contributed by atoms with Gasteiger partial charge in [-0.2, -0.15) is 0 Å². The van der Waals surface area contributed by atoms with Crippen molar-refractivity contribution in [3.05, 3.63) is 0 Å². The van der Waals surface area contributed by atoms with Crippen LogP contribution in [0.25, 0.3) is 0 Å². The molecule has 0 saturated heterocycles. The zero-order chi connectivity index (χ0) is 14.4. The molecule has 0 aliphatic rings. The van der Waals surface area contributed by atoms with E-state index in [0.29, 0.717) is 0 Å². The Bertz CT molecular complexity index is 179. The van der Waals surface area contributed by atoms with Gasteiger partial charge in [-0.25, -0.2) is 0 Å². The molecule has 116 valence electrons. The summed E-state index contributed by atoms with van der Waals surface area (Å²) in [5.41, 5.74) is 0. The molecule has 1 heteroatoms. The van der Waals surface area contributed by atoms with Crippen LogP contribution in [0.3, 0.4) is 0 Å². The minimum atomic E-state index is -0.583. The van der Waals surface area contributed by atoms with Gasteiger partial charge < -0.3 is 0 Å². The highest BCUT2D eigenvalue weighted by Crippen LogP contribution is 2.61. The van der Waals surface area contributed by atoms with Gasteiger partial charge >= 0.3 is 0 Å². The van der Waals surface area contributed by atoms with E-state index in [9.17, 15) is 0 Å². The Labute approximate surface area is 124 Å². The lowest BCUT2D eigenvalue weighted by molar-refractivity contribution is 0.699. The van der Waals surface area contributed by atoms with E-state index in [0.717, 1.165) is 0 Å². The topological polar surface area (TPSA) is 0 Å². The summed E-state index contributed by atoms with van der Waals surface area (Å²) in [4.78, 5) is 0. The molecule has 0 saturated carbocycles. The Morgan fingerprint density at radius 3 is 1.42 bits per heavy atom. The molecule has 0 bridgehead atoms. The lowest BCUT2D eigenvalue weighted by Crippen LogP contribution is -2.12. The molecule has 0 fully saturated rings. The first-order valence-electron chi connectivity index (χ1n) is 9.09. The zero-order valence-electron chi connectivity index (χ0n) is 14.3. The first-order valence-corrected chi connectivity index (χ1v) is 11.6. The van der Waals surface area contributed by atoms with E-state index < -0.39 is 7.26 Å². The molecule has 0 aromatic carbocycles. The van der Waals surface area contributed by atoms with Crippen molar-refractivity contribution in [2.75, 3.05) is 24.6 Å². The van der Waals surface area contributed by atoms with E-state index in [2.05, 4.69) is 27.7 Å². The van der Waals surface area contributed by atoms with Crippen LogP contribution in [0.4, 0.5) is 0 Å². The van der Waals surface area contributed by atoms with Crippen LogP contribution >= 0.6 is 7.26 Å².